The van der Waals surface area contributed by atoms with E-state index in [0.29, 0.717) is 9.21 Å². The molecular formula is C13H7ClFNO2S. The van der Waals surface area contributed by atoms with Gasteiger partial charge in [0.05, 0.1) is 14.8 Å². The summed E-state index contributed by atoms with van der Waals surface area (Å²) in [6.07, 6.45) is 0. The first-order valence-electron chi connectivity index (χ1n) is 5.21. The van der Waals surface area contributed by atoms with E-state index in [1.807, 2.05) is 0 Å². The minimum Gasteiger partial charge on any atom is -0.485 e. The molecule has 96 valence electrons. The molecule has 0 amide bonds. The molecule has 3 nitrogen and oxygen atoms in total. The van der Waals surface area contributed by atoms with Crippen molar-refractivity contribution in [2.45, 2.75) is 0 Å². The van der Waals surface area contributed by atoms with Crippen molar-refractivity contribution >= 4 is 28.7 Å². The van der Waals surface area contributed by atoms with Crippen molar-refractivity contribution in [1.29, 1.82) is 5.26 Å². The summed E-state index contributed by atoms with van der Waals surface area (Å²) in [5.74, 6) is -0.708. The molecular weight excluding hydrogens is 289 g/mol. The first-order chi connectivity index (χ1) is 9.10. The van der Waals surface area contributed by atoms with Crippen molar-refractivity contribution in [3.05, 3.63) is 50.9 Å². The van der Waals surface area contributed by atoms with E-state index < -0.39 is 5.82 Å². The van der Waals surface area contributed by atoms with Gasteiger partial charge in [-0.1, -0.05) is 11.6 Å². The summed E-state index contributed by atoms with van der Waals surface area (Å²) >= 11 is 6.88. The summed E-state index contributed by atoms with van der Waals surface area (Å²) in [6.45, 7) is -0.206. The van der Waals surface area contributed by atoms with E-state index >= 15 is 0 Å². The van der Waals surface area contributed by atoms with E-state index in [4.69, 9.17) is 21.6 Å². The number of carbonyl (C=O) groups is 1. The third kappa shape index (κ3) is 3.31. The third-order valence-electron chi connectivity index (χ3n) is 2.28. The molecule has 0 bridgehead atoms. The minimum atomic E-state index is -0.674. The van der Waals surface area contributed by atoms with Gasteiger partial charge < -0.3 is 4.74 Å². The number of benzene rings is 1. The van der Waals surface area contributed by atoms with Gasteiger partial charge in [-0.2, -0.15) is 5.26 Å². The standard InChI is InChI=1S/C13H7ClFNO2S/c14-13-4-3-12(19-13)11(17)7-18-9-2-1-8(6-16)10(15)5-9/h1-5H,7H2. The molecule has 0 aliphatic carbocycles. The quantitative estimate of drug-likeness (QED) is 0.809. The Balaban J connectivity index is 2.01. The second-order valence-electron chi connectivity index (χ2n) is 3.57. The van der Waals surface area contributed by atoms with Crippen molar-refractivity contribution in [2.24, 2.45) is 0 Å². The van der Waals surface area contributed by atoms with Gasteiger partial charge in [0.25, 0.3) is 0 Å². The molecule has 0 saturated carbocycles. The molecule has 0 radical (unpaired) electrons. The van der Waals surface area contributed by atoms with Gasteiger partial charge in [0.2, 0.25) is 5.78 Å². The maximum atomic E-state index is 13.3. The van der Waals surface area contributed by atoms with E-state index in [9.17, 15) is 9.18 Å². The molecule has 0 unspecified atom stereocenters. The topological polar surface area (TPSA) is 50.1 Å². The lowest BCUT2D eigenvalue weighted by Crippen LogP contribution is -2.10. The van der Waals surface area contributed by atoms with Crippen LogP contribution in [-0.4, -0.2) is 12.4 Å². The lowest BCUT2D eigenvalue weighted by atomic mass is 10.2. The van der Waals surface area contributed by atoms with E-state index in [0.717, 1.165) is 17.4 Å². The van der Waals surface area contributed by atoms with Gasteiger partial charge in [-0.3, -0.25) is 4.79 Å². The molecule has 2 aromatic rings. The van der Waals surface area contributed by atoms with Crippen LogP contribution >= 0.6 is 22.9 Å². The minimum absolute atomic E-state index is 0.0660. The Morgan fingerprint density at radius 1 is 1.42 bits per heavy atom. The fourth-order valence-corrected chi connectivity index (χ4v) is 2.33. The van der Waals surface area contributed by atoms with Crippen LogP contribution < -0.4 is 4.74 Å². The summed E-state index contributed by atoms with van der Waals surface area (Å²) in [4.78, 5) is 12.2. The van der Waals surface area contributed by atoms with Crippen LogP contribution in [0.15, 0.2) is 30.3 Å². The number of hydrogen-bond acceptors (Lipinski definition) is 4. The Morgan fingerprint density at radius 3 is 2.79 bits per heavy atom. The number of nitriles is 1. The number of hydrogen-bond donors (Lipinski definition) is 0. The van der Waals surface area contributed by atoms with Gasteiger partial charge in [0, 0.05) is 6.07 Å². The van der Waals surface area contributed by atoms with E-state index in [-0.39, 0.29) is 23.7 Å². The molecule has 2 rings (SSSR count). The largest absolute Gasteiger partial charge is 0.485 e. The first kappa shape index (κ1) is 13.5. The molecule has 0 saturated heterocycles. The van der Waals surface area contributed by atoms with Crippen molar-refractivity contribution in [2.75, 3.05) is 6.61 Å². The molecule has 0 aliphatic rings. The fraction of sp³-hybridized carbons (Fsp3) is 0.0769. The lowest BCUT2D eigenvalue weighted by molar-refractivity contribution is 0.0925. The van der Waals surface area contributed by atoms with Gasteiger partial charge in [0.1, 0.15) is 17.6 Å². The Bertz CT molecular complexity index is 663. The predicted octanol–water partition coefficient (Wildman–Crippen LogP) is 3.67. The molecule has 6 heteroatoms. The zero-order chi connectivity index (χ0) is 13.8. The van der Waals surface area contributed by atoms with Gasteiger partial charge in [-0.05, 0) is 24.3 Å². The number of halogens is 2. The van der Waals surface area contributed by atoms with Crippen LogP contribution in [0.2, 0.25) is 4.34 Å². The SMILES string of the molecule is N#Cc1ccc(OCC(=O)c2ccc(Cl)s2)cc1F. The van der Waals surface area contributed by atoms with Crippen LogP contribution in [0.25, 0.3) is 0 Å². The van der Waals surface area contributed by atoms with Crippen molar-refractivity contribution in [3.63, 3.8) is 0 Å². The molecule has 1 heterocycles. The second-order valence-corrected chi connectivity index (χ2v) is 5.28. The maximum Gasteiger partial charge on any atom is 0.210 e. The normalized spacial score (nSPS) is 9.95. The van der Waals surface area contributed by atoms with Gasteiger partial charge in [-0.15, -0.1) is 11.3 Å². The summed E-state index contributed by atoms with van der Waals surface area (Å²) in [7, 11) is 0. The highest BCUT2D eigenvalue weighted by Gasteiger charge is 2.10. The second kappa shape index (κ2) is 5.83. The van der Waals surface area contributed by atoms with E-state index in [2.05, 4.69) is 0 Å². The highest BCUT2D eigenvalue weighted by atomic mass is 35.5. The van der Waals surface area contributed by atoms with Crippen molar-refractivity contribution < 1.29 is 13.9 Å². The zero-order valence-corrected chi connectivity index (χ0v) is 11.1. The summed E-state index contributed by atoms with van der Waals surface area (Å²) in [6, 6.07) is 8.76. The molecule has 0 spiro atoms. The Morgan fingerprint density at radius 2 is 2.21 bits per heavy atom. The number of rotatable bonds is 4. The van der Waals surface area contributed by atoms with E-state index in [1.165, 1.54) is 12.1 Å². The monoisotopic (exact) mass is 295 g/mol. The predicted molar refractivity (Wildman–Crippen MR) is 70.3 cm³/mol. The summed E-state index contributed by atoms with van der Waals surface area (Å²) in [5.41, 5.74) is -0.0660. The number of carbonyl (C=O) groups excluding carboxylic acids is 1. The Hall–Kier alpha value is -1.90. The average Bonchev–Trinajstić information content (AvgIpc) is 2.83. The van der Waals surface area contributed by atoms with Gasteiger partial charge in [-0.25, -0.2) is 4.39 Å². The molecule has 1 aromatic carbocycles. The number of nitrogens with zero attached hydrogens (tertiary/aromatic N) is 1. The number of Topliss-reactive ketones (excluding diaryl/α,β-unsaturated/α-hetero) is 1. The molecule has 19 heavy (non-hydrogen) atoms. The van der Waals surface area contributed by atoms with Gasteiger partial charge in [0.15, 0.2) is 6.61 Å². The van der Waals surface area contributed by atoms with E-state index in [1.54, 1.807) is 18.2 Å². The van der Waals surface area contributed by atoms with Crippen LogP contribution in [0.1, 0.15) is 15.2 Å². The van der Waals surface area contributed by atoms with Crippen molar-refractivity contribution in [3.8, 4) is 11.8 Å². The van der Waals surface area contributed by atoms with Crippen LogP contribution in [0.3, 0.4) is 0 Å². The van der Waals surface area contributed by atoms with Crippen molar-refractivity contribution in [1.82, 2.24) is 0 Å². The van der Waals surface area contributed by atoms with Gasteiger partial charge >= 0.3 is 0 Å². The van der Waals surface area contributed by atoms with Crippen LogP contribution in [0.4, 0.5) is 4.39 Å². The van der Waals surface area contributed by atoms with Crippen LogP contribution in [0, 0.1) is 17.1 Å². The lowest BCUT2D eigenvalue weighted by Gasteiger charge is -2.04. The molecule has 0 aliphatic heterocycles. The molecule has 1 aromatic heterocycles. The molecule has 0 N–H and O–H groups in total. The number of thiophene rings is 1. The van der Waals surface area contributed by atoms with Crippen LogP contribution in [-0.2, 0) is 0 Å². The highest BCUT2D eigenvalue weighted by Crippen LogP contribution is 2.22. The smallest absolute Gasteiger partial charge is 0.210 e. The molecule has 0 fully saturated rings. The summed E-state index contributed by atoms with van der Waals surface area (Å²) in [5, 5.41) is 8.58. The number of ketones is 1. The Labute approximate surface area is 117 Å². The number of ether oxygens (including phenoxy) is 1. The fourth-order valence-electron chi connectivity index (χ4n) is 1.36. The maximum absolute atomic E-state index is 13.3. The summed E-state index contributed by atoms with van der Waals surface area (Å²) < 4.78 is 19.0. The average molecular weight is 296 g/mol. The third-order valence-corrected chi connectivity index (χ3v) is 3.55. The highest BCUT2D eigenvalue weighted by molar-refractivity contribution is 7.18. The zero-order valence-electron chi connectivity index (χ0n) is 9.52. The molecule has 0 atom stereocenters. The first-order valence-corrected chi connectivity index (χ1v) is 6.40. The Kier molecular flexibility index (Phi) is 4.15. The van der Waals surface area contributed by atoms with Crippen LogP contribution in [0.5, 0.6) is 5.75 Å².